The van der Waals surface area contributed by atoms with Crippen LogP contribution in [0.25, 0.3) is 0 Å². The number of benzene rings is 1. The molecule has 0 radical (unpaired) electrons. The number of hydrogen-bond donors (Lipinski definition) is 1. The van der Waals surface area contributed by atoms with E-state index in [0.717, 1.165) is 25.5 Å². The lowest BCUT2D eigenvalue weighted by Crippen LogP contribution is -2.00. The van der Waals surface area contributed by atoms with Gasteiger partial charge in [0, 0.05) is 12.5 Å². The summed E-state index contributed by atoms with van der Waals surface area (Å²) in [4.78, 5) is 10.8. The number of carbonyl (C=O) groups excluding carboxylic acids is 1. The lowest BCUT2D eigenvalue weighted by Gasteiger charge is -2.05. The Balaban J connectivity index is 2.08. The number of hydrogen-bond acceptors (Lipinski definition) is 3. The molecule has 0 spiro atoms. The molecule has 0 aromatic heterocycles. The third-order valence-electron chi connectivity index (χ3n) is 2.29. The summed E-state index contributed by atoms with van der Waals surface area (Å²) in [6.45, 7) is 0.516. The average molecular weight is 237 g/mol. The Labute approximate surface area is 100 Å². The standard InChI is InChI=1S/C13H16FNO2/c14-11-5-4-7-13(9-11)17-8-3-1-2-6-12(16)10-15/h4-5,7,9-10,15H,1-3,6,8H2. The van der Waals surface area contributed by atoms with Crippen LogP contribution in [0.2, 0.25) is 0 Å². The molecule has 0 atom stereocenters. The largest absolute Gasteiger partial charge is 0.493 e. The SMILES string of the molecule is N=CC(=O)CCCCCOc1cccc(F)c1. The highest BCUT2D eigenvalue weighted by atomic mass is 19.1. The fourth-order valence-electron chi connectivity index (χ4n) is 1.40. The summed E-state index contributed by atoms with van der Waals surface area (Å²) in [5, 5.41) is 6.72. The van der Waals surface area contributed by atoms with Crippen LogP contribution in [0.3, 0.4) is 0 Å². The van der Waals surface area contributed by atoms with Crippen LogP contribution in [0.4, 0.5) is 4.39 Å². The van der Waals surface area contributed by atoms with Crippen LogP contribution < -0.4 is 4.74 Å². The van der Waals surface area contributed by atoms with Crippen LogP contribution in [-0.2, 0) is 4.79 Å². The van der Waals surface area contributed by atoms with Crippen LogP contribution in [0.15, 0.2) is 24.3 Å². The van der Waals surface area contributed by atoms with E-state index in [1.807, 2.05) is 0 Å². The molecule has 0 heterocycles. The van der Waals surface area contributed by atoms with E-state index in [4.69, 9.17) is 10.1 Å². The highest BCUT2D eigenvalue weighted by Crippen LogP contribution is 2.12. The van der Waals surface area contributed by atoms with Gasteiger partial charge in [-0.15, -0.1) is 0 Å². The number of rotatable bonds is 8. The van der Waals surface area contributed by atoms with Crippen molar-refractivity contribution < 1.29 is 13.9 Å². The highest BCUT2D eigenvalue weighted by Gasteiger charge is 1.98. The van der Waals surface area contributed by atoms with Gasteiger partial charge in [-0.2, -0.15) is 0 Å². The number of Topliss-reactive ketones (excluding diaryl/α,β-unsaturated/α-hetero) is 1. The van der Waals surface area contributed by atoms with Crippen molar-refractivity contribution in [3.8, 4) is 5.75 Å². The second-order valence-electron chi connectivity index (χ2n) is 3.73. The zero-order valence-corrected chi connectivity index (χ0v) is 9.62. The first kappa shape index (κ1) is 13.4. The second kappa shape index (κ2) is 7.54. The van der Waals surface area contributed by atoms with E-state index >= 15 is 0 Å². The molecule has 0 bridgehead atoms. The van der Waals surface area contributed by atoms with Crippen molar-refractivity contribution in [2.24, 2.45) is 0 Å². The fraction of sp³-hybridized carbons (Fsp3) is 0.385. The molecular weight excluding hydrogens is 221 g/mol. The molecule has 4 heteroatoms. The summed E-state index contributed by atoms with van der Waals surface area (Å²) in [5.41, 5.74) is 0. The fourth-order valence-corrected chi connectivity index (χ4v) is 1.40. The molecule has 1 aromatic carbocycles. The Kier molecular flexibility index (Phi) is 5.93. The summed E-state index contributed by atoms with van der Waals surface area (Å²) in [7, 11) is 0. The quantitative estimate of drug-likeness (QED) is 0.558. The van der Waals surface area contributed by atoms with E-state index in [0.29, 0.717) is 18.8 Å². The number of carbonyl (C=O) groups is 1. The lowest BCUT2D eigenvalue weighted by atomic mass is 10.1. The molecule has 0 saturated carbocycles. The van der Waals surface area contributed by atoms with Crippen molar-refractivity contribution in [1.29, 1.82) is 5.41 Å². The molecule has 92 valence electrons. The lowest BCUT2D eigenvalue weighted by molar-refractivity contribution is -0.112. The van der Waals surface area contributed by atoms with E-state index in [9.17, 15) is 9.18 Å². The van der Waals surface area contributed by atoms with Gasteiger partial charge in [0.1, 0.15) is 11.6 Å². The summed E-state index contributed by atoms with van der Waals surface area (Å²) in [6.07, 6.45) is 3.73. The molecule has 0 aliphatic heterocycles. The minimum Gasteiger partial charge on any atom is -0.493 e. The van der Waals surface area contributed by atoms with Gasteiger partial charge in [0.05, 0.1) is 12.8 Å². The third kappa shape index (κ3) is 5.80. The Morgan fingerprint density at radius 1 is 1.35 bits per heavy atom. The summed E-state index contributed by atoms with van der Waals surface area (Å²) in [6, 6.07) is 6.03. The second-order valence-corrected chi connectivity index (χ2v) is 3.73. The van der Waals surface area contributed by atoms with Gasteiger partial charge in [-0.3, -0.25) is 4.79 Å². The Morgan fingerprint density at radius 3 is 2.88 bits per heavy atom. The maximum absolute atomic E-state index is 12.8. The maximum Gasteiger partial charge on any atom is 0.173 e. The van der Waals surface area contributed by atoms with Gasteiger partial charge >= 0.3 is 0 Å². The molecule has 0 amide bonds. The summed E-state index contributed by atoms with van der Waals surface area (Å²) >= 11 is 0. The van der Waals surface area contributed by atoms with Crippen molar-refractivity contribution in [2.45, 2.75) is 25.7 Å². The van der Waals surface area contributed by atoms with Crippen molar-refractivity contribution in [2.75, 3.05) is 6.61 Å². The van der Waals surface area contributed by atoms with Gasteiger partial charge in [0.15, 0.2) is 5.78 Å². The monoisotopic (exact) mass is 237 g/mol. The molecule has 1 rings (SSSR count). The van der Waals surface area contributed by atoms with Crippen LogP contribution in [0, 0.1) is 11.2 Å². The van der Waals surface area contributed by atoms with E-state index in [1.165, 1.54) is 12.1 Å². The molecule has 1 aromatic rings. The van der Waals surface area contributed by atoms with Gasteiger partial charge in [-0.25, -0.2) is 4.39 Å². The number of unbranched alkanes of at least 4 members (excludes halogenated alkanes) is 2. The van der Waals surface area contributed by atoms with E-state index in [1.54, 1.807) is 12.1 Å². The van der Waals surface area contributed by atoms with Gasteiger partial charge in [-0.05, 0) is 31.4 Å². The zero-order valence-electron chi connectivity index (χ0n) is 9.62. The summed E-state index contributed by atoms with van der Waals surface area (Å²) < 4.78 is 18.1. The molecule has 0 aliphatic rings. The van der Waals surface area contributed by atoms with E-state index in [-0.39, 0.29) is 11.6 Å². The molecule has 0 saturated heterocycles. The molecule has 0 fully saturated rings. The van der Waals surface area contributed by atoms with E-state index in [2.05, 4.69) is 0 Å². The highest BCUT2D eigenvalue weighted by molar-refractivity contribution is 6.26. The number of nitrogens with one attached hydrogen (secondary N) is 1. The van der Waals surface area contributed by atoms with Crippen molar-refractivity contribution in [3.63, 3.8) is 0 Å². The minimum atomic E-state index is -0.306. The van der Waals surface area contributed by atoms with Crippen molar-refractivity contribution in [3.05, 3.63) is 30.1 Å². The van der Waals surface area contributed by atoms with Crippen LogP contribution in [-0.4, -0.2) is 18.6 Å². The zero-order chi connectivity index (χ0) is 12.5. The number of ether oxygens (including phenoxy) is 1. The van der Waals surface area contributed by atoms with Gasteiger partial charge in [0.25, 0.3) is 0 Å². The predicted octanol–water partition coefficient (Wildman–Crippen LogP) is 2.98. The van der Waals surface area contributed by atoms with Crippen LogP contribution >= 0.6 is 0 Å². The molecular formula is C13H16FNO2. The van der Waals surface area contributed by atoms with Crippen LogP contribution in [0.5, 0.6) is 5.75 Å². The predicted molar refractivity (Wildman–Crippen MR) is 64.2 cm³/mol. The smallest absolute Gasteiger partial charge is 0.173 e. The first-order valence-electron chi connectivity index (χ1n) is 5.64. The Hall–Kier alpha value is -1.71. The Bertz CT molecular complexity index is 379. The van der Waals surface area contributed by atoms with Gasteiger partial charge in [-0.1, -0.05) is 6.07 Å². The van der Waals surface area contributed by atoms with Gasteiger partial charge in [0.2, 0.25) is 0 Å². The minimum absolute atomic E-state index is 0.143. The normalized spacial score (nSPS) is 9.94. The van der Waals surface area contributed by atoms with Crippen molar-refractivity contribution >= 4 is 12.0 Å². The summed E-state index contributed by atoms with van der Waals surface area (Å²) in [5.74, 6) is 0.0793. The van der Waals surface area contributed by atoms with Gasteiger partial charge < -0.3 is 10.1 Å². The number of halogens is 1. The third-order valence-corrected chi connectivity index (χ3v) is 2.29. The number of ketones is 1. The average Bonchev–Trinajstić information content (AvgIpc) is 2.33. The van der Waals surface area contributed by atoms with Crippen molar-refractivity contribution in [1.82, 2.24) is 0 Å². The molecule has 0 aliphatic carbocycles. The first-order valence-corrected chi connectivity index (χ1v) is 5.64. The first-order chi connectivity index (χ1) is 8.22. The maximum atomic E-state index is 12.8. The molecule has 3 nitrogen and oxygen atoms in total. The molecule has 1 N–H and O–H groups in total. The Morgan fingerprint density at radius 2 is 2.18 bits per heavy atom. The van der Waals surface area contributed by atoms with Crippen LogP contribution in [0.1, 0.15) is 25.7 Å². The van der Waals surface area contributed by atoms with E-state index < -0.39 is 0 Å². The molecule has 0 unspecified atom stereocenters. The topological polar surface area (TPSA) is 50.2 Å². The molecule has 17 heavy (non-hydrogen) atoms.